The second-order valence-electron chi connectivity index (χ2n) is 6.70. The molecule has 146 valence electrons. The third kappa shape index (κ3) is 6.41. The predicted octanol–water partition coefficient (Wildman–Crippen LogP) is 2.50. The normalized spacial score (nSPS) is 20.5. The zero-order valence-electron chi connectivity index (χ0n) is 16.3. The Morgan fingerprint density at radius 1 is 1.15 bits per heavy atom. The van der Waals surface area contributed by atoms with Crippen molar-refractivity contribution in [3.63, 3.8) is 0 Å². The van der Waals surface area contributed by atoms with Crippen LogP contribution in [0.15, 0.2) is 23.2 Å². The molecule has 2 rings (SSSR count). The van der Waals surface area contributed by atoms with E-state index in [2.05, 4.69) is 23.6 Å². The molecular weight excluding hydrogens is 330 g/mol. The van der Waals surface area contributed by atoms with Crippen molar-refractivity contribution in [2.24, 2.45) is 4.99 Å². The number of aliphatic hydroxyl groups excluding tert-OH is 1. The van der Waals surface area contributed by atoms with Gasteiger partial charge in [0.05, 0.1) is 20.3 Å². The highest BCUT2D eigenvalue weighted by Gasteiger charge is 2.19. The number of benzene rings is 1. The number of hydrogen-bond acceptors (Lipinski definition) is 4. The first kappa shape index (κ1) is 20.4. The molecule has 0 unspecified atom stereocenters. The first-order chi connectivity index (χ1) is 12.7. The number of guanidine groups is 1. The molecule has 0 aromatic heterocycles. The summed E-state index contributed by atoms with van der Waals surface area (Å²) < 4.78 is 10.6. The second kappa shape index (κ2) is 10.9. The molecule has 0 saturated heterocycles. The Morgan fingerprint density at radius 3 is 2.54 bits per heavy atom. The fourth-order valence-corrected chi connectivity index (χ4v) is 3.24. The van der Waals surface area contributed by atoms with Crippen LogP contribution in [0.5, 0.6) is 11.5 Å². The van der Waals surface area contributed by atoms with E-state index in [0.29, 0.717) is 6.04 Å². The summed E-state index contributed by atoms with van der Waals surface area (Å²) in [5.74, 6) is 2.40. The zero-order chi connectivity index (χ0) is 18.8. The van der Waals surface area contributed by atoms with E-state index >= 15 is 0 Å². The van der Waals surface area contributed by atoms with Crippen LogP contribution >= 0.6 is 0 Å². The Kier molecular flexibility index (Phi) is 8.54. The van der Waals surface area contributed by atoms with Gasteiger partial charge >= 0.3 is 0 Å². The van der Waals surface area contributed by atoms with E-state index in [-0.39, 0.29) is 6.10 Å². The summed E-state index contributed by atoms with van der Waals surface area (Å²) in [5, 5.41) is 16.4. The fourth-order valence-electron chi connectivity index (χ4n) is 3.24. The average Bonchev–Trinajstić information content (AvgIpc) is 2.66. The molecule has 0 atom stereocenters. The Labute approximate surface area is 157 Å². The lowest BCUT2D eigenvalue weighted by atomic mass is 9.93. The minimum Gasteiger partial charge on any atom is -0.493 e. The van der Waals surface area contributed by atoms with Crippen molar-refractivity contribution < 1.29 is 14.6 Å². The molecule has 1 saturated carbocycles. The van der Waals surface area contributed by atoms with Crippen LogP contribution in [0.3, 0.4) is 0 Å². The maximum absolute atomic E-state index is 9.63. The molecule has 1 aliphatic carbocycles. The lowest BCUT2D eigenvalue weighted by Gasteiger charge is -2.27. The van der Waals surface area contributed by atoms with Crippen LogP contribution in [-0.2, 0) is 6.42 Å². The largest absolute Gasteiger partial charge is 0.493 e. The summed E-state index contributed by atoms with van der Waals surface area (Å²) in [7, 11) is 3.30. The maximum atomic E-state index is 9.63. The molecule has 1 aliphatic rings. The van der Waals surface area contributed by atoms with Crippen LogP contribution in [-0.4, -0.2) is 50.5 Å². The van der Waals surface area contributed by atoms with Crippen LogP contribution in [0.25, 0.3) is 0 Å². The van der Waals surface area contributed by atoms with E-state index in [9.17, 15) is 5.11 Å². The molecule has 0 heterocycles. The number of rotatable bonds is 8. The summed E-state index contributed by atoms with van der Waals surface area (Å²) in [5.41, 5.74) is 1.22. The monoisotopic (exact) mass is 363 g/mol. The van der Waals surface area contributed by atoms with Gasteiger partial charge in [-0.25, -0.2) is 0 Å². The lowest BCUT2D eigenvalue weighted by Crippen LogP contribution is -2.45. The number of hydrogen-bond donors (Lipinski definition) is 3. The molecule has 0 aliphatic heterocycles. The SMILES string of the molecule is CCNC(=NCCCc1ccc(OC)c(OC)c1)NC1CCC(O)CC1. The first-order valence-corrected chi connectivity index (χ1v) is 9.60. The summed E-state index contributed by atoms with van der Waals surface area (Å²) in [4.78, 5) is 4.69. The molecule has 3 N–H and O–H groups in total. The molecule has 1 fully saturated rings. The van der Waals surface area contributed by atoms with Crippen molar-refractivity contribution in [1.29, 1.82) is 0 Å². The second-order valence-corrected chi connectivity index (χ2v) is 6.70. The molecule has 1 aromatic rings. The van der Waals surface area contributed by atoms with Crippen LogP contribution < -0.4 is 20.1 Å². The van der Waals surface area contributed by atoms with E-state index in [0.717, 1.165) is 69.1 Å². The van der Waals surface area contributed by atoms with Crippen LogP contribution in [0.4, 0.5) is 0 Å². The highest BCUT2D eigenvalue weighted by Crippen LogP contribution is 2.27. The van der Waals surface area contributed by atoms with Crippen molar-refractivity contribution in [3.05, 3.63) is 23.8 Å². The highest BCUT2D eigenvalue weighted by molar-refractivity contribution is 5.80. The van der Waals surface area contributed by atoms with Crippen LogP contribution in [0, 0.1) is 0 Å². The van der Waals surface area contributed by atoms with Gasteiger partial charge in [-0.05, 0) is 63.1 Å². The minimum atomic E-state index is -0.130. The molecular formula is C20H33N3O3. The predicted molar refractivity (Wildman–Crippen MR) is 105 cm³/mol. The van der Waals surface area contributed by atoms with E-state index in [1.54, 1.807) is 14.2 Å². The molecule has 6 heteroatoms. The van der Waals surface area contributed by atoms with Crippen molar-refractivity contribution in [3.8, 4) is 11.5 Å². The Hall–Kier alpha value is -1.95. The molecule has 0 bridgehead atoms. The number of nitrogens with zero attached hydrogens (tertiary/aromatic N) is 1. The molecule has 1 aromatic carbocycles. The highest BCUT2D eigenvalue weighted by atomic mass is 16.5. The lowest BCUT2D eigenvalue weighted by molar-refractivity contribution is 0.120. The fraction of sp³-hybridized carbons (Fsp3) is 0.650. The van der Waals surface area contributed by atoms with Gasteiger partial charge in [-0.2, -0.15) is 0 Å². The van der Waals surface area contributed by atoms with Gasteiger partial charge in [0, 0.05) is 19.1 Å². The van der Waals surface area contributed by atoms with Gasteiger partial charge < -0.3 is 25.2 Å². The summed E-state index contributed by atoms with van der Waals surface area (Å²) in [6, 6.07) is 6.45. The number of aryl methyl sites for hydroxylation is 1. The van der Waals surface area contributed by atoms with E-state index in [1.165, 1.54) is 5.56 Å². The van der Waals surface area contributed by atoms with Crippen molar-refractivity contribution in [2.75, 3.05) is 27.3 Å². The maximum Gasteiger partial charge on any atom is 0.191 e. The quantitative estimate of drug-likeness (QED) is 0.376. The van der Waals surface area contributed by atoms with Gasteiger partial charge in [0.2, 0.25) is 0 Å². The summed E-state index contributed by atoms with van der Waals surface area (Å²) in [6.45, 7) is 3.68. The van der Waals surface area contributed by atoms with E-state index in [4.69, 9.17) is 14.5 Å². The first-order valence-electron chi connectivity index (χ1n) is 9.60. The molecule has 6 nitrogen and oxygen atoms in total. The van der Waals surface area contributed by atoms with E-state index < -0.39 is 0 Å². The Balaban J connectivity index is 1.82. The number of methoxy groups -OCH3 is 2. The zero-order valence-corrected chi connectivity index (χ0v) is 16.3. The standard InChI is InChI=1S/C20H33N3O3/c1-4-21-20(23-16-8-10-17(24)11-9-16)22-13-5-6-15-7-12-18(25-2)19(14-15)26-3/h7,12,14,16-17,24H,4-6,8-11,13H2,1-3H3,(H2,21,22,23). The molecule has 26 heavy (non-hydrogen) atoms. The third-order valence-electron chi connectivity index (χ3n) is 4.72. The van der Waals surface area contributed by atoms with Crippen molar-refractivity contribution in [1.82, 2.24) is 10.6 Å². The average molecular weight is 364 g/mol. The molecule has 0 amide bonds. The Morgan fingerprint density at radius 2 is 1.88 bits per heavy atom. The summed E-state index contributed by atoms with van der Waals surface area (Å²) >= 11 is 0. The number of nitrogens with one attached hydrogen (secondary N) is 2. The van der Waals surface area contributed by atoms with Gasteiger partial charge in [-0.3, -0.25) is 4.99 Å². The summed E-state index contributed by atoms with van der Waals surface area (Å²) in [6.07, 6.45) is 5.52. The van der Waals surface area contributed by atoms with Crippen molar-refractivity contribution >= 4 is 5.96 Å². The molecule has 0 radical (unpaired) electrons. The van der Waals surface area contributed by atoms with Crippen LogP contribution in [0.1, 0.15) is 44.6 Å². The number of aliphatic imine (C=N–C) groups is 1. The topological polar surface area (TPSA) is 75.1 Å². The van der Waals surface area contributed by atoms with Gasteiger partial charge in [-0.1, -0.05) is 6.07 Å². The van der Waals surface area contributed by atoms with Gasteiger partial charge in [0.25, 0.3) is 0 Å². The van der Waals surface area contributed by atoms with E-state index in [1.807, 2.05) is 12.1 Å². The number of aliphatic hydroxyl groups is 1. The molecule has 0 spiro atoms. The minimum absolute atomic E-state index is 0.130. The Bertz CT molecular complexity index is 569. The van der Waals surface area contributed by atoms with Gasteiger partial charge in [0.15, 0.2) is 17.5 Å². The van der Waals surface area contributed by atoms with Gasteiger partial charge in [-0.15, -0.1) is 0 Å². The van der Waals surface area contributed by atoms with Crippen LogP contribution in [0.2, 0.25) is 0 Å². The smallest absolute Gasteiger partial charge is 0.191 e. The van der Waals surface area contributed by atoms with Crippen molar-refractivity contribution in [2.45, 2.75) is 57.6 Å². The van der Waals surface area contributed by atoms with Gasteiger partial charge in [0.1, 0.15) is 0 Å². The third-order valence-corrected chi connectivity index (χ3v) is 4.72. The number of ether oxygens (including phenoxy) is 2.